The van der Waals surface area contributed by atoms with E-state index in [9.17, 15) is 4.79 Å². The fraction of sp³-hybridized carbons (Fsp3) is 0.588. The standard InChI is InChI=1S/C17H28N2O2/c1-3-4-12-21-16-9-7-15(8-10-16)17(20)19-11-5-6-14(2)13-18/h7-10,14H,3-6,11-13,18H2,1-2H3,(H,19,20). The van der Waals surface area contributed by atoms with Gasteiger partial charge in [0.1, 0.15) is 5.75 Å². The molecule has 0 bridgehead atoms. The van der Waals surface area contributed by atoms with Crippen LogP contribution in [0.4, 0.5) is 0 Å². The van der Waals surface area contributed by atoms with E-state index in [4.69, 9.17) is 10.5 Å². The number of hydrogen-bond acceptors (Lipinski definition) is 3. The molecule has 4 heteroatoms. The van der Waals surface area contributed by atoms with Gasteiger partial charge in [-0.1, -0.05) is 20.3 Å². The molecule has 4 nitrogen and oxygen atoms in total. The molecule has 0 heterocycles. The highest BCUT2D eigenvalue weighted by molar-refractivity contribution is 5.94. The van der Waals surface area contributed by atoms with Crippen LogP contribution >= 0.6 is 0 Å². The number of benzene rings is 1. The summed E-state index contributed by atoms with van der Waals surface area (Å²) in [6, 6.07) is 7.31. The van der Waals surface area contributed by atoms with Gasteiger partial charge in [-0.05, 0) is 56.0 Å². The number of unbranched alkanes of at least 4 members (excludes halogenated alkanes) is 1. The predicted octanol–water partition coefficient (Wildman–Crippen LogP) is 2.97. The van der Waals surface area contributed by atoms with Crippen molar-refractivity contribution in [1.82, 2.24) is 5.32 Å². The minimum Gasteiger partial charge on any atom is -0.494 e. The number of nitrogens with one attached hydrogen (secondary N) is 1. The van der Waals surface area contributed by atoms with Crippen molar-refractivity contribution < 1.29 is 9.53 Å². The Bertz CT molecular complexity index is 404. The van der Waals surface area contributed by atoms with Crippen molar-refractivity contribution in [1.29, 1.82) is 0 Å². The summed E-state index contributed by atoms with van der Waals surface area (Å²) < 4.78 is 5.57. The molecule has 0 aromatic heterocycles. The second kappa shape index (κ2) is 10.2. The van der Waals surface area contributed by atoms with Crippen molar-refractivity contribution in [3.05, 3.63) is 29.8 Å². The van der Waals surface area contributed by atoms with Crippen LogP contribution in [0, 0.1) is 5.92 Å². The third-order valence-electron chi connectivity index (χ3n) is 3.44. The first-order valence-electron chi connectivity index (χ1n) is 7.88. The molecule has 1 rings (SSSR count). The zero-order valence-corrected chi connectivity index (χ0v) is 13.2. The monoisotopic (exact) mass is 292 g/mol. The fourth-order valence-electron chi connectivity index (χ4n) is 1.91. The van der Waals surface area contributed by atoms with Crippen LogP contribution in [0.2, 0.25) is 0 Å². The maximum atomic E-state index is 12.0. The molecule has 1 unspecified atom stereocenters. The summed E-state index contributed by atoms with van der Waals surface area (Å²) in [4.78, 5) is 12.0. The van der Waals surface area contributed by atoms with Gasteiger partial charge < -0.3 is 15.8 Å². The Morgan fingerprint density at radius 2 is 2.00 bits per heavy atom. The summed E-state index contributed by atoms with van der Waals surface area (Å²) in [7, 11) is 0. The number of nitrogens with two attached hydrogens (primary N) is 1. The van der Waals surface area contributed by atoms with Crippen LogP contribution in [0.5, 0.6) is 5.75 Å². The lowest BCUT2D eigenvalue weighted by atomic mass is 10.1. The van der Waals surface area contributed by atoms with E-state index in [1.807, 2.05) is 12.1 Å². The Kier molecular flexibility index (Phi) is 8.51. The van der Waals surface area contributed by atoms with E-state index in [0.29, 0.717) is 24.6 Å². The summed E-state index contributed by atoms with van der Waals surface area (Å²) in [5, 5.41) is 2.93. The zero-order chi connectivity index (χ0) is 15.5. The molecule has 0 aliphatic carbocycles. The fourth-order valence-corrected chi connectivity index (χ4v) is 1.91. The molecule has 1 atom stereocenters. The van der Waals surface area contributed by atoms with E-state index < -0.39 is 0 Å². The van der Waals surface area contributed by atoms with E-state index in [1.54, 1.807) is 12.1 Å². The second-order valence-electron chi connectivity index (χ2n) is 5.47. The number of rotatable bonds is 10. The lowest BCUT2D eigenvalue weighted by Gasteiger charge is -2.09. The molecule has 0 aliphatic rings. The SMILES string of the molecule is CCCCOc1ccc(C(=O)NCCCC(C)CN)cc1. The van der Waals surface area contributed by atoms with E-state index in [0.717, 1.165) is 38.0 Å². The summed E-state index contributed by atoms with van der Waals surface area (Å²) in [5.41, 5.74) is 6.23. The van der Waals surface area contributed by atoms with Gasteiger partial charge in [-0.25, -0.2) is 0 Å². The van der Waals surface area contributed by atoms with Crippen LogP contribution in [-0.2, 0) is 0 Å². The van der Waals surface area contributed by atoms with Crippen LogP contribution in [-0.4, -0.2) is 25.6 Å². The third-order valence-corrected chi connectivity index (χ3v) is 3.44. The van der Waals surface area contributed by atoms with Crippen molar-refractivity contribution in [2.75, 3.05) is 19.7 Å². The van der Waals surface area contributed by atoms with Crippen molar-refractivity contribution in [3.8, 4) is 5.75 Å². The van der Waals surface area contributed by atoms with Gasteiger partial charge in [0.2, 0.25) is 0 Å². The van der Waals surface area contributed by atoms with Gasteiger partial charge in [0, 0.05) is 12.1 Å². The van der Waals surface area contributed by atoms with Crippen LogP contribution in [0.1, 0.15) is 49.9 Å². The van der Waals surface area contributed by atoms with Crippen LogP contribution < -0.4 is 15.8 Å². The van der Waals surface area contributed by atoms with Crippen molar-refractivity contribution in [2.24, 2.45) is 11.7 Å². The van der Waals surface area contributed by atoms with Crippen molar-refractivity contribution in [3.63, 3.8) is 0 Å². The maximum Gasteiger partial charge on any atom is 0.251 e. The molecule has 118 valence electrons. The van der Waals surface area contributed by atoms with Crippen LogP contribution in [0.15, 0.2) is 24.3 Å². The molecule has 1 amide bonds. The molecular weight excluding hydrogens is 264 g/mol. The summed E-state index contributed by atoms with van der Waals surface area (Å²) in [6.45, 7) is 6.37. The van der Waals surface area contributed by atoms with Crippen LogP contribution in [0.25, 0.3) is 0 Å². The lowest BCUT2D eigenvalue weighted by molar-refractivity contribution is 0.0952. The summed E-state index contributed by atoms with van der Waals surface area (Å²) >= 11 is 0. The largest absolute Gasteiger partial charge is 0.494 e. The van der Waals surface area contributed by atoms with Gasteiger partial charge in [0.15, 0.2) is 0 Å². The molecular formula is C17H28N2O2. The minimum atomic E-state index is -0.0319. The second-order valence-corrected chi connectivity index (χ2v) is 5.47. The first-order chi connectivity index (χ1) is 10.2. The quantitative estimate of drug-likeness (QED) is 0.652. The molecule has 21 heavy (non-hydrogen) atoms. The molecule has 0 radical (unpaired) electrons. The first-order valence-corrected chi connectivity index (χ1v) is 7.88. The number of carbonyl (C=O) groups is 1. The molecule has 0 saturated heterocycles. The zero-order valence-electron chi connectivity index (χ0n) is 13.2. The first kappa shape index (κ1) is 17.5. The summed E-state index contributed by atoms with van der Waals surface area (Å²) in [6.07, 6.45) is 4.16. The molecule has 1 aromatic carbocycles. The van der Waals surface area contributed by atoms with Gasteiger partial charge in [-0.2, -0.15) is 0 Å². The molecule has 0 fully saturated rings. The van der Waals surface area contributed by atoms with E-state index in [-0.39, 0.29) is 5.91 Å². The van der Waals surface area contributed by atoms with Gasteiger partial charge in [-0.3, -0.25) is 4.79 Å². The van der Waals surface area contributed by atoms with Gasteiger partial charge in [0.25, 0.3) is 5.91 Å². The molecule has 3 N–H and O–H groups in total. The Labute approximate surface area is 128 Å². The normalized spacial score (nSPS) is 12.0. The molecule has 1 aromatic rings. The maximum absolute atomic E-state index is 12.0. The summed E-state index contributed by atoms with van der Waals surface area (Å²) in [5.74, 6) is 1.30. The molecule has 0 aliphatic heterocycles. The highest BCUT2D eigenvalue weighted by atomic mass is 16.5. The highest BCUT2D eigenvalue weighted by Crippen LogP contribution is 2.12. The van der Waals surface area contributed by atoms with Gasteiger partial charge in [0.05, 0.1) is 6.61 Å². The van der Waals surface area contributed by atoms with E-state index >= 15 is 0 Å². The Morgan fingerprint density at radius 1 is 1.29 bits per heavy atom. The molecule has 0 spiro atoms. The topological polar surface area (TPSA) is 64.3 Å². The Morgan fingerprint density at radius 3 is 2.62 bits per heavy atom. The van der Waals surface area contributed by atoms with Crippen molar-refractivity contribution in [2.45, 2.75) is 39.5 Å². The van der Waals surface area contributed by atoms with Gasteiger partial charge in [-0.15, -0.1) is 0 Å². The van der Waals surface area contributed by atoms with Crippen molar-refractivity contribution >= 4 is 5.91 Å². The third kappa shape index (κ3) is 7.14. The predicted molar refractivity (Wildman–Crippen MR) is 86.6 cm³/mol. The van der Waals surface area contributed by atoms with E-state index in [1.165, 1.54) is 0 Å². The average molecular weight is 292 g/mol. The van der Waals surface area contributed by atoms with E-state index in [2.05, 4.69) is 19.2 Å². The number of hydrogen-bond donors (Lipinski definition) is 2. The number of ether oxygens (including phenoxy) is 1. The average Bonchev–Trinajstić information content (AvgIpc) is 2.52. The number of carbonyl (C=O) groups excluding carboxylic acids is 1. The Balaban J connectivity index is 2.30. The van der Waals surface area contributed by atoms with Crippen LogP contribution in [0.3, 0.4) is 0 Å². The lowest BCUT2D eigenvalue weighted by Crippen LogP contribution is -2.25. The highest BCUT2D eigenvalue weighted by Gasteiger charge is 2.05. The molecule has 0 saturated carbocycles. The Hall–Kier alpha value is -1.55. The number of amides is 1. The smallest absolute Gasteiger partial charge is 0.251 e. The minimum absolute atomic E-state index is 0.0319. The van der Waals surface area contributed by atoms with Gasteiger partial charge >= 0.3 is 0 Å².